The molecule has 35 heavy (non-hydrogen) atoms. The number of nitro benzene ring substituents is 1. The Hall–Kier alpha value is -3.98. The van der Waals surface area contributed by atoms with Gasteiger partial charge in [0.05, 0.1) is 4.92 Å². The second kappa shape index (κ2) is 12.5. The maximum Gasteiger partial charge on any atom is 0.306 e. The molecule has 0 saturated heterocycles. The first kappa shape index (κ1) is 25.6. The van der Waals surface area contributed by atoms with Gasteiger partial charge in [0.15, 0.2) is 6.61 Å². The van der Waals surface area contributed by atoms with Crippen molar-refractivity contribution in [3.05, 3.63) is 94.0 Å². The number of rotatable bonds is 11. The average molecular weight is 493 g/mol. The SMILES string of the molecule is Cc1ccc(Sc2ccc(NC(=O)CCCC(=O)OCC(=O)c3cccc([N+](=O)[O-])c3)cc2)cc1. The zero-order valence-corrected chi connectivity index (χ0v) is 19.9. The van der Waals surface area contributed by atoms with E-state index in [-0.39, 0.29) is 36.4 Å². The van der Waals surface area contributed by atoms with E-state index < -0.39 is 23.3 Å². The molecule has 3 rings (SSSR count). The number of ether oxygens (including phenoxy) is 1. The number of nitrogens with one attached hydrogen (secondary N) is 1. The van der Waals surface area contributed by atoms with Crippen LogP contribution >= 0.6 is 11.8 Å². The van der Waals surface area contributed by atoms with E-state index in [1.165, 1.54) is 23.8 Å². The number of carbonyl (C=O) groups is 3. The van der Waals surface area contributed by atoms with Crippen LogP contribution in [-0.2, 0) is 14.3 Å². The second-order valence-corrected chi connectivity index (χ2v) is 8.88. The summed E-state index contributed by atoms with van der Waals surface area (Å²) in [6, 6.07) is 20.9. The summed E-state index contributed by atoms with van der Waals surface area (Å²) in [5.74, 6) is -1.39. The number of ketones is 1. The van der Waals surface area contributed by atoms with Crippen LogP contribution in [0.15, 0.2) is 82.6 Å². The number of benzene rings is 3. The minimum Gasteiger partial charge on any atom is -0.457 e. The highest BCUT2D eigenvalue weighted by molar-refractivity contribution is 7.99. The first-order valence-corrected chi connectivity index (χ1v) is 11.7. The summed E-state index contributed by atoms with van der Waals surface area (Å²) >= 11 is 1.63. The van der Waals surface area contributed by atoms with Gasteiger partial charge < -0.3 is 10.1 Å². The number of nitro groups is 1. The van der Waals surface area contributed by atoms with Crippen LogP contribution in [0, 0.1) is 17.0 Å². The quantitative estimate of drug-likeness (QED) is 0.161. The predicted molar refractivity (Wildman–Crippen MR) is 133 cm³/mol. The molecule has 9 heteroatoms. The van der Waals surface area contributed by atoms with Crippen molar-refractivity contribution >= 4 is 40.8 Å². The zero-order valence-electron chi connectivity index (χ0n) is 19.1. The van der Waals surface area contributed by atoms with Crippen molar-refractivity contribution in [3.63, 3.8) is 0 Å². The first-order chi connectivity index (χ1) is 16.8. The number of hydrogen-bond donors (Lipinski definition) is 1. The van der Waals surface area contributed by atoms with Gasteiger partial charge in [-0.2, -0.15) is 0 Å². The van der Waals surface area contributed by atoms with E-state index in [1.807, 2.05) is 31.2 Å². The Balaban J connectivity index is 1.36. The summed E-state index contributed by atoms with van der Waals surface area (Å²) < 4.78 is 4.93. The fraction of sp³-hybridized carbons (Fsp3) is 0.192. The number of hydrogen-bond acceptors (Lipinski definition) is 7. The number of aryl methyl sites for hydroxylation is 1. The molecule has 0 aromatic heterocycles. The van der Waals surface area contributed by atoms with E-state index >= 15 is 0 Å². The number of amides is 1. The van der Waals surface area contributed by atoms with E-state index in [1.54, 1.807) is 11.8 Å². The van der Waals surface area contributed by atoms with Gasteiger partial charge in [-0.15, -0.1) is 0 Å². The van der Waals surface area contributed by atoms with Crippen LogP contribution < -0.4 is 5.32 Å². The molecule has 0 spiro atoms. The van der Waals surface area contributed by atoms with Crippen molar-refractivity contribution in [2.45, 2.75) is 36.0 Å². The highest BCUT2D eigenvalue weighted by Crippen LogP contribution is 2.28. The molecule has 1 N–H and O–H groups in total. The van der Waals surface area contributed by atoms with Gasteiger partial charge in [0.1, 0.15) is 0 Å². The van der Waals surface area contributed by atoms with Crippen LogP contribution in [0.1, 0.15) is 35.2 Å². The lowest BCUT2D eigenvalue weighted by atomic mass is 10.1. The molecule has 0 aliphatic carbocycles. The van der Waals surface area contributed by atoms with Crippen molar-refractivity contribution in [2.75, 3.05) is 11.9 Å². The van der Waals surface area contributed by atoms with E-state index in [2.05, 4.69) is 29.6 Å². The van der Waals surface area contributed by atoms with Crippen molar-refractivity contribution in [3.8, 4) is 0 Å². The maximum atomic E-state index is 12.2. The molecule has 1 amide bonds. The number of esters is 1. The van der Waals surface area contributed by atoms with Gasteiger partial charge in [0.25, 0.3) is 5.69 Å². The molecule has 0 bridgehead atoms. The number of non-ortho nitro benzene ring substituents is 1. The molecule has 3 aromatic carbocycles. The second-order valence-electron chi connectivity index (χ2n) is 7.73. The first-order valence-electron chi connectivity index (χ1n) is 10.9. The summed E-state index contributed by atoms with van der Waals surface area (Å²) in [5.41, 5.74) is 1.74. The fourth-order valence-electron chi connectivity index (χ4n) is 3.06. The third-order valence-corrected chi connectivity index (χ3v) is 5.94. The zero-order chi connectivity index (χ0) is 25.2. The monoisotopic (exact) mass is 492 g/mol. The molecule has 3 aromatic rings. The molecule has 0 aliphatic rings. The lowest BCUT2D eigenvalue weighted by molar-refractivity contribution is -0.384. The minimum absolute atomic E-state index is 0.0260. The molecule has 0 fully saturated rings. The van der Waals surface area contributed by atoms with Crippen LogP contribution in [0.4, 0.5) is 11.4 Å². The number of nitrogens with zero attached hydrogens (tertiary/aromatic N) is 1. The molecular formula is C26H24N2O6S. The van der Waals surface area contributed by atoms with Gasteiger partial charge in [-0.05, 0) is 49.7 Å². The van der Waals surface area contributed by atoms with Crippen LogP contribution in [0.5, 0.6) is 0 Å². The summed E-state index contributed by atoms with van der Waals surface area (Å²) in [6.45, 7) is 1.53. The molecule has 0 heterocycles. The van der Waals surface area contributed by atoms with Crippen molar-refractivity contribution in [2.24, 2.45) is 0 Å². The van der Waals surface area contributed by atoms with Gasteiger partial charge in [-0.1, -0.05) is 41.6 Å². The van der Waals surface area contributed by atoms with Gasteiger partial charge in [0, 0.05) is 46.0 Å². The molecular weight excluding hydrogens is 468 g/mol. The Labute approximate surface area is 206 Å². The topological polar surface area (TPSA) is 116 Å². The molecule has 8 nitrogen and oxygen atoms in total. The number of carbonyl (C=O) groups excluding carboxylic acids is 3. The largest absolute Gasteiger partial charge is 0.457 e. The lowest BCUT2D eigenvalue weighted by Crippen LogP contribution is -2.15. The molecule has 180 valence electrons. The van der Waals surface area contributed by atoms with Crippen LogP contribution in [0.3, 0.4) is 0 Å². The maximum absolute atomic E-state index is 12.2. The summed E-state index contributed by atoms with van der Waals surface area (Å²) in [7, 11) is 0. The highest BCUT2D eigenvalue weighted by Gasteiger charge is 2.14. The van der Waals surface area contributed by atoms with E-state index in [0.717, 1.165) is 15.9 Å². The van der Waals surface area contributed by atoms with Crippen molar-refractivity contribution < 1.29 is 24.0 Å². The van der Waals surface area contributed by atoms with Crippen molar-refractivity contribution in [1.29, 1.82) is 0 Å². The predicted octanol–water partition coefficient (Wildman–Crippen LogP) is 5.59. The summed E-state index contributed by atoms with van der Waals surface area (Å²) in [6.07, 6.45) is 0.354. The van der Waals surface area contributed by atoms with Crippen LogP contribution in [0.2, 0.25) is 0 Å². The Morgan fingerprint density at radius 2 is 1.60 bits per heavy atom. The van der Waals surface area contributed by atoms with Gasteiger partial charge >= 0.3 is 5.97 Å². The van der Waals surface area contributed by atoms with Crippen LogP contribution in [0.25, 0.3) is 0 Å². The lowest BCUT2D eigenvalue weighted by Gasteiger charge is -2.07. The standard InChI is InChI=1S/C26H24N2O6S/c1-18-8-12-22(13-9-18)35-23-14-10-20(11-15-23)27-25(30)6-3-7-26(31)34-17-24(29)19-4-2-5-21(16-19)28(32)33/h2,4-5,8-16H,3,6-7,17H2,1H3,(H,27,30). The van der Waals surface area contributed by atoms with E-state index in [9.17, 15) is 24.5 Å². The normalized spacial score (nSPS) is 10.4. The molecule has 0 unspecified atom stereocenters. The fourth-order valence-corrected chi connectivity index (χ4v) is 3.88. The minimum atomic E-state index is -0.617. The Morgan fingerprint density at radius 3 is 2.26 bits per heavy atom. The average Bonchev–Trinajstić information content (AvgIpc) is 2.85. The van der Waals surface area contributed by atoms with Gasteiger partial charge in [-0.25, -0.2) is 0 Å². The number of Topliss-reactive ketones (excluding diaryl/α,β-unsaturated/α-hetero) is 1. The van der Waals surface area contributed by atoms with Crippen molar-refractivity contribution in [1.82, 2.24) is 0 Å². The molecule has 0 saturated carbocycles. The highest BCUT2D eigenvalue weighted by atomic mass is 32.2. The Morgan fingerprint density at radius 1 is 0.943 bits per heavy atom. The van der Waals surface area contributed by atoms with E-state index in [0.29, 0.717) is 5.69 Å². The van der Waals surface area contributed by atoms with E-state index in [4.69, 9.17) is 4.74 Å². The van der Waals surface area contributed by atoms with Crippen LogP contribution in [-0.4, -0.2) is 29.2 Å². The summed E-state index contributed by atoms with van der Waals surface area (Å²) in [5, 5.41) is 13.6. The summed E-state index contributed by atoms with van der Waals surface area (Å²) in [4.78, 5) is 48.5. The third kappa shape index (κ3) is 8.38. The number of anilines is 1. The smallest absolute Gasteiger partial charge is 0.306 e. The molecule has 0 radical (unpaired) electrons. The molecule has 0 aliphatic heterocycles. The Kier molecular flexibility index (Phi) is 9.14. The third-order valence-electron chi connectivity index (χ3n) is 4.92. The van der Waals surface area contributed by atoms with Gasteiger partial charge in [0.2, 0.25) is 11.7 Å². The molecule has 0 atom stereocenters. The Bertz CT molecular complexity index is 1210. The van der Waals surface area contributed by atoms with Gasteiger partial charge in [-0.3, -0.25) is 24.5 Å².